The van der Waals surface area contributed by atoms with Crippen LogP contribution in [0.1, 0.15) is 29.8 Å². The molecule has 0 unspecified atom stereocenters. The lowest BCUT2D eigenvalue weighted by molar-refractivity contribution is 0.0970. The molecule has 0 atom stereocenters. The lowest BCUT2D eigenvalue weighted by Crippen LogP contribution is -2.02. The van der Waals surface area contributed by atoms with Gasteiger partial charge in [-0.05, 0) is 18.9 Å². The van der Waals surface area contributed by atoms with E-state index in [4.69, 9.17) is 8.94 Å². The molecule has 0 aliphatic rings. The van der Waals surface area contributed by atoms with Gasteiger partial charge in [-0.3, -0.25) is 9.48 Å². The first-order valence-electron chi connectivity index (χ1n) is 6.68. The fourth-order valence-electron chi connectivity index (χ4n) is 1.98. The molecule has 0 amide bonds. The molecular formula is C14H14N4O3. The van der Waals surface area contributed by atoms with Crippen molar-refractivity contribution < 1.29 is 13.7 Å². The van der Waals surface area contributed by atoms with Gasteiger partial charge in [0.25, 0.3) is 0 Å². The summed E-state index contributed by atoms with van der Waals surface area (Å²) in [6, 6.07) is 3.40. The van der Waals surface area contributed by atoms with Crippen LogP contribution in [0.25, 0.3) is 11.3 Å². The normalized spacial score (nSPS) is 10.9. The topological polar surface area (TPSA) is 87.0 Å². The molecule has 108 valence electrons. The van der Waals surface area contributed by atoms with E-state index >= 15 is 0 Å². The van der Waals surface area contributed by atoms with E-state index in [1.54, 1.807) is 35.7 Å². The van der Waals surface area contributed by atoms with Crippen molar-refractivity contribution in [3.8, 4) is 11.3 Å². The fourth-order valence-corrected chi connectivity index (χ4v) is 1.98. The van der Waals surface area contributed by atoms with Crippen molar-refractivity contribution in [3.63, 3.8) is 0 Å². The zero-order valence-electron chi connectivity index (χ0n) is 11.3. The molecule has 0 aliphatic heterocycles. The van der Waals surface area contributed by atoms with Gasteiger partial charge in [0.2, 0.25) is 0 Å². The summed E-state index contributed by atoms with van der Waals surface area (Å²) in [5, 5.41) is 7.81. The van der Waals surface area contributed by atoms with Crippen LogP contribution in [0.4, 0.5) is 0 Å². The molecular weight excluding hydrogens is 272 g/mol. The third kappa shape index (κ3) is 3.25. The lowest BCUT2D eigenvalue weighted by Gasteiger charge is -1.99. The molecule has 0 saturated heterocycles. The number of hydrogen-bond donors (Lipinski definition) is 0. The zero-order chi connectivity index (χ0) is 14.5. The second-order valence-electron chi connectivity index (χ2n) is 4.63. The summed E-state index contributed by atoms with van der Waals surface area (Å²) in [6.45, 7) is 0.756. The monoisotopic (exact) mass is 286 g/mol. The number of ketones is 1. The van der Waals surface area contributed by atoms with E-state index in [9.17, 15) is 4.79 Å². The van der Waals surface area contributed by atoms with Gasteiger partial charge in [0.15, 0.2) is 11.5 Å². The SMILES string of the molecule is O=C(CCCCn1cncn1)c1cc(-c2ccoc2)on1. The number of aromatic nitrogens is 4. The second-order valence-corrected chi connectivity index (χ2v) is 4.63. The third-order valence-corrected chi connectivity index (χ3v) is 3.11. The van der Waals surface area contributed by atoms with Crippen molar-refractivity contribution in [3.05, 3.63) is 43.0 Å². The van der Waals surface area contributed by atoms with E-state index in [1.165, 1.54) is 6.33 Å². The van der Waals surface area contributed by atoms with E-state index in [0.717, 1.165) is 24.9 Å². The van der Waals surface area contributed by atoms with E-state index in [0.29, 0.717) is 17.9 Å². The van der Waals surface area contributed by atoms with Crippen LogP contribution in [-0.4, -0.2) is 25.7 Å². The summed E-state index contributed by atoms with van der Waals surface area (Å²) in [6.07, 6.45) is 8.32. The van der Waals surface area contributed by atoms with Crippen LogP contribution >= 0.6 is 0 Å². The first-order chi connectivity index (χ1) is 10.3. The van der Waals surface area contributed by atoms with Gasteiger partial charge in [-0.2, -0.15) is 5.10 Å². The number of hydrogen-bond acceptors (Lipinski definition) is 6. The molecule has 0 N–H and O–H groups in total. The predicted molar refractivity (Wildman–Crippen MR) is 72.4 cm³/mol. The summed E-state index contributed by atoms with van der Waals surface area (Å²) >= 11 is 0. The maximum absolute atomic E-state index is 12.0. The average Bonchev–Trinajstić information content (AvgIpc) is 3.25. The Balaban J connectivity index is 1.49. The Morgan fingerprint density at radius 2 is 2.29 bits per heavy atom. The summed E-state index contributed by atoms with van der Waals surface area (Å²) in [7, 11) is 0. The Kier molecular flexibility index (Phi) is 3.90. The molecule has 7 heteroatoms. The number of Topliss-reactive ketones (excluding diaryl/α,β-unsaturated/α-hetero) is 1. The minimum atomic E-state index is -0.0212. The fraction of sp³-hybridized carbons (Fsp3) is 0.286. The smallest absolute Gasteiger partial charge is 0.184 e. The van der Waals surface area contributed by atoms with Gasteiger partial charge in [0.1, 0.15) is 24.6 Å². The van der Waals surface area contributed by atoms with Crippen LogP contribution in [0.3, 0.4) is 0 Å². The van der Waals surface area contributed by atoms with Crippen molar-refractivity contribution in [2.24, 2.45) is 0 Å². The maximum Gasteiger partial charge on any atom is 0.184 e. The summed E-state index contributed by atoms with van der Waals surface area (Å²) < 4.78 is 11.9. The zero-order valence-corrected chi connectivity index (χ0v) is 11.3. The Labute approximate surface area is 120 Å². The molecule has 0 aromatic carbocycles. The van der Waals surface area contributed by atoms with Crippen LogP contribution in [-0.2, 0) is 6.54 Å². The van der Waals surface area contributed by atoms with Crippen molar-refractivity contribution in [1.82, 2.24) is 19.9 Å². The third-order valence-electron chi connectivity index (χ3n) is 3.11. The van der Waals surface area contributed by atoms with Crippen LogP contribution in [0.5, 0.6) is 0 Å². The highest BCUT2D eigenvalue weighted by Gasteiger charge is 2.13. The number of unbranched alkanes of at least 4 members (excludes halogenated alkanes) is 1. The van der Waals surface area contributed by atoms with Gasteiger partial charge in [-0.15, -0.1) is 0 Å². The highest BCUT2D eigenvalue weighted by atomic mass is 16.5. The largest absolute Gasteiger partial charge is 0.472 e. The number of furan rings is 1. The Morgan fingerprint density at radius 3 is 3.05 bits per heavy atom. The quantitative estimate of drug-likeness (QED) is 0.490. The van der Waals surface area contributed by atoms with Gasteiger partial charge < -0.3 is 8.94 Å². The number of nitrogens with zero attached hydrogens (tertiary/aromatic N) is 4. The van der Waals surface area contributed by atoms with Crippen LogP contribution in [0.2, 0.25) is 0 Å². The van der Waals surface area contributed by atoms with Crippen molar-refractivity contribution in [1.29, 1.82) is 0 Å². The molecule has 3 heterocycles. The van der Waals surface area contributed by atoms with E-state index in [2.05, 4.69) is 15.2 Å². The molecule has 3 aromatic rings. The summed E-state index contributed by atoms with van der Waals surface area (Å²) in [4.78, 5) is 15.9. The van der Waals surface area contributed by atoms with Gasteiger partial charge in [0.05, 0.1) is 11.8 Å². The number of carbonyl (C=O) groups is 1. The van der Waals surface area contributed by atoms with Crippen LogP contribution < -0.4 is 0 Å². The molecule has 0 aliphatic carbocycles. The Morgan fingerprint density at radius 1 is 1.33 bits per heavy atom. The highest BCUT2D eigenvalue weighted by Crippen LogP contribution is 2.21. The lowest BCUT2D eigenvalue weighted by atomic mass is 10.1. The van der Waals surface area contributed by atoms with Gasteiger partial charge in [-0.1, -0.05) is 5.16 Å². The molecule has 21 heavy (non-hydrogen) atoms. The summed E-state index contributed by atoms with van der Waals surface area (Å²) in [5.74, 6) is 0.516. The van der Waals surface area contributed by atoms with E-state index < -0.39 is 0 Å². The molecule has 3 aromatic heterocycles. The molecule has 0 bridgehead atoms. The highest BCUT2D eigenvalue weighted by molar-refractivity contribution is 5.94. The summed E-state index contributed by atoms with van der Waals surface area (Å²) in [5.41, 5.74) is 1.12. The molecule has 0 fully saturated rings. The average molecular weight is 286 g/mol. The minimum Gasteiger partial charge on any atom is -0.472 e. The molecule has 0 spiro atoms. The molecule has 0 saturated carbocycles. The van der Waals surface area contributed by atoms with E-state index in [-0.39, 0.29) is 5.78 Å². The van der Waals surface area contributed by atoms with Gasteiger partial charge >= 0.3 is 0 Å². The minimum absolute atomic E-state index is 0.0212. The van der Waals surface area contributed by atoms with Crippen LogP contribution in [0.15, 0.2) is 46.3 Å². The number of rotatable bonds is 7. The van der Waals surface area contributed by atoms with Gasteiger partial charge in [-0.25, -0.2) is 4.98 Å². The van der Waals surface area contributed by atoms with Gasteiger partial charge in [0, 0.05) is 19.0 Å². The molecule has 7 nitrogen and oxygen atoms in total. The number of aryl methyl sites for hydroxylation is 1. The number of carbonyl (C=O) groups excluding carboxylic acids is 1. The predicted octanol–water partition coefficient (Wildman–Crippen LogP) is 2.58. The second kappa shape index (κ2) is 6.17. The Hall–Kier alpha value is -2.70. The molecule has 0 radical (unpaired) electrons. The first-order valence-corrected chi connectivity index (χ1v) is 6.68. The standard InChI is InChI=1S/C14H14N4O3/c19-13(3-1-2-5-18-10-15-9-16-18)12-7-14(21-17-12)11-4-6-20-8-11/h4,6-10H,1-3,5H2. The van der Waals surface area contributed by atoms with Crippen molar-refractivity contribution in [2.75, 3.05) is 0 Å². The first kappa shape index (κ1) is 13.3. The van der Waals surface area contributed by atoms with Crippen LogP contribution in [0, 0.1) is 0 Å². The molecule has 3 rings (SSSR count). The van der Waals surface area contributed by atoms with E-state index in [1.807, 2.05) is 0 Å². The van der Waals surface area contributed by atoms with Crippen molar-refractivity contribution in [2.45, 2.75) is 25.8 Å². The Bertz CT molecular complexity index is 686. The maximum atomic E-state index is 12.0. The van der Waals surface area contributed by atoms with Crippen molar-refractivity contribution >= 4 is 5.78 Å².